The number of nitrogens with one attached hydrogen (secondary N) is 1. The quantitative estimate of drug-likeness (QED) is 0.835. The summed E-state index contributed by atoms with van der Waals surface area (Å²) in [5.74, 6) is -0.329. The molecule has 2 rings (SSSR count). The molecule has 1 aromatic rings. The van der Waals surface area contributed by atoms with E-state index in [0.29, 0.717) is 12.6 Å². The van der Waals surface area contributed by atoms with E-state index in [1.165, 1.54) is 31.3 Å². The number of nitrogens with zero attached hydrogens (tertiary/aromatic N) is 2. The molecule has 1 aromatic heterocycles. The second-order valence-corrected chi connectivity index (χ2v) is 4.69. The Hall–Kier alpha value is -1.62. The van der Waals surface area contributed by atoms with Crippen molar-refractivity contribution >= 4 is 5.91 Å². The van der Waals surface area contributed by atoms with Gasteiger partial charge in [0, 0.05) is 18.8 Å². The normalized spacial score (nSPS) is 17.6. The molecule has 1 unspecified atom stereocenters. The zero-order chi connectivity index (χ0) is 13.0. The van der Waals surface area contributed by atoms with Gasteiger partial charge >= 0.3 is 0 Å². The van der Waals surface area contributed by atoms with Crippen molar-refractivity contribution in [3.8, 4) is 5.75 Å². The molecule has 0 bridgehead atoms. The van der Waals surface area contributed by atoms with E-state index < -0.39 is 0 Å². The van der Waals surface area contributed by atoms with Gasteiger partial charge in [0.1, 0.15) is 5.75 Å². The second kappa shape index (κ2) is 5.82. The van der Waals surface area contributed by atoms with Gasteiger partial charge in [-0.25, -0.2) is 0 Å². The van der Waals surface area contributed by atoms with Crippen LogP contribution in [0, 0.1) is 0 Å². The van der Waals surface area contributed by atoms with Crippen molar-refractivity contribution in [2.75, 3.05) is 19.6 Å². The number of amides is 1. The number of likely N-dealkylation sites (tertiary alicyclic amines) is 1. The molecule has 1 atom stereocenters. The van der Waals surface area contributed by atoms with E-state index in [4.69, 9.17) is 0 Å². The lowest BCUT2D eigenvalue weighted by atomic mass is 10.2. The number of hydrogen-bond donors (Lipinski definition) is 2. The lowest BCUT2D eigenvalue weighted by Crippen LogP contribution is -2.40. The fraction of sp³-hybridized carbons (Fsp3) is 0.538. The van der Waals surface area contributed by atoms with Crippen molar-refractivity contribution in [3.63, 3.8) is 0 Å². The number of rotatable bonds is 4. The third-order valence-electron chi connectivity index (χ3n) is 3.37. The zero-order valence-corrected chi connectivity index (χ0v) is 10.6. The Morgan fingerprint density at radius 2 is 2.28 bits per heavy atom. The highest BCUT2D eigenvalue weighted by atomic mass is 16.3. The highest BCUT2D eigenvalue weighted by Gasteiger charge is 2.19. The molecule has 2 N–H and O–H groups in total. The molecule has 1 aliphatic heterocycles. The molecule has 0 spiro atoms. The fourth-order valence-electron chi connectivity index (χ4n) is 2.23. The molecule has 1 fully saturated rings. The Balaban J connectivity index is 1.86. The number of carbonyl (C=O) groups is 1. The maximum absolute atomic E-state index is 11.9. The number of pyridine rings is 1. The van der Waals surface area contributed by atoms with Crippen LogP contribution < -0.4 is 5.32 Å². The van der Waals surface area contributed by atoms with Crippen LogP contribution in [-0.4, -0.2) is 46.6 Å². The predicted molar refractivity (Wildman–Crippen MR) is 68.5 cm³/mol. The van der Waals surface area contributed by atoms with Crippen LogP contribution in [-0.2, 0) is 0 Å². The maximum Gasteiger partial charge on any atom is 0.255 e. The van der Waals surface area contributed by atoms with Crippen molar-refractivity contribution < 1.29 is 9.90 Å². The maximum atomic E-state index is 11.9. The summed E-state index contributed by atoms with van der Waals surface area (Å²) in [6.45, 7) is 4.92. The van der Waals surface area contributed by atoms with Gasteiger partial charge in [-0.3, -0.25) is 14.7 Å². The molecule has 5 heteroatoms. The highest BCUT2D eigenvalue weighted by Crippen LogP contribution is 2.14. The summed E-state index contributed by atoms with van der Waals surface area (Å²) in [7, 11) is 0. The summed E-state index contributed by atoms with van der Waals surface area (Å²) >= 11 is 0. The molecular weight excluding hydrogens is 230 g/mol. The molecule has 18 heavy (non-hydrogen) atoms. The minimum Gasteiger partial charge on any atom is -0.505 e. The van der Waals surface area contributed by atoms with E-state index in [1.54, 1.807) is 0 Å². The smallest absolute Gasteiger partial charge is 0.255 e. The molecule has 98 valence electrons. The number of aromatic nitrogens is 1. The van der Waals surface area contributed by atoms with E-state index in [9.17, 15) is 9.90 Å². The van der Waals surface area contributed by atoms with E-state index in [2.05, 4.69) is 22.1 Å². The van der Waals surface area contributed by atoms with Gasteiger partial charge in [-0.1, -0.05) is 0 Å². The minimum atomic E-state index is -0.249. The van der Waals surface area contributed by atoms with Gasteiger partial charge < -0.3 is 10.4 Å². The van der Waals surface area contributed by atoms with Gasteiger partial charge in [-0.05, 0) is 38.9 Å². The summed E-state index contributed by atoms with van der Waals surface area (Å²) in [5, 5.41) is 12.4. The molecular formula is C13H19N3O2. The monoisotopic (exact) mass is 249 g/mol. The number of hydrogen-bond acceptors (Lipinski definition) is 4. The Kier molecular flexibility index (Phi) is 4.15. The van der Waals surface area contributed by atoms with Crippen molar-refractivity contribution in [3.05, 3.63) is 24.0 Å². The van der Waals surface area contributed by atoms with E-state index >= 15 is 0 Å². The lowest BCUT2D eigenvalue weighted by Gasteiger charge is -2.23. The Labute approximate surface area is 107 Å². The Morgan fingerprint density at radius 1 is 1.56 bits per heavy atom. The summed E-state index contributed by atoms with van der Waals surface area (Å²) in [6, 6.07) is 1.85. The van der Waals surface area contributed by atoms with Crippen LogP contribution in [0.5, 0.6) is 5.75 Å². The SMILES string of the molecule is CC(CNC(=O)c1ccncc1O)N1CCCC1. The number of aromatic hydroxyl groups is 1. The first kappa shape index (κ1) is 12.8. The van der Waals surface area contributed by atoms with Crippen LogP contribution in [0.2, 0.25) is 0 Å². The zero-order valence-electron chi connectivity index (χ0n) is 10.6. The highest BCUT2D eigenvalue weighted by molar-refractivity contribution is 5.96. The third kappa shape index (κ3) is 2.98. The molecule has 0 radical (unpaired) electrons. The van der Waals surface area contributed by atoms with Crippen LogP contribution >= 0.6 is 0 Å². The topological polar surface area (TPSA) is 65.5 Å². The first-order valence-corrected chi connectivity index (χ1v) is 6.33. The fourth-order valence-corrected chi connectivity index (χ4v) is 2.23. The van der Waals surface area contributed by atoms with Gasteiger partial charge in [0.25, 0.3) is 5.91 Å². The van der Waals surface area contributed by atoms with Gasteiger partial charge in [-0.15, -0.1) is 0 Å². The van der Waals surface area contributed by atoms with Crippen molar-refractivity contribution in [1.82, 2.24) is 15.2 Å². The third-order valence-corrected chi connectivity index (χ3v) is 3.37. The molecule has 1 amide bonds. The van der Waals surface area contributed by atoms with Gasteiger partial charge in [0.2, 0.25) is 0 Å². The largest absolute Gasteiger partial charge is 0.505 e. The molecule has 0 aromatic carbocycles. The van der Waals surface area contributed by atoms with E-state index in [-0.39, 0.29) is 17.2 Å². The van der Waals surface area contributed by atoms with E-state index in [1.807, 2.05) is 0 Å². The molecule has 1 aliphatic rings. The summed E-state index contributed by atoms with van der Waals surface area (Å²) in [4.78, 5) is 18.0. The van der Waals surface area contributed by atoms with Crippen molar-refractivity contribution in [2.24, 2.45) is 0 Å². The lowest BCUT2D eigenvalue weighted by molar-refractivity contribution is 0.0937. The molecule has 5 nitrogen and oxygen atoms in total. The molecule has 0 aliphatic carbocycles. The van der Waals surface area contributed by atoms with Crippen LogP contribution in [0.4, 0.5) is 0 Å². The molecule has 0 saturated carbocycles. The Morgan fingerprint density at radius 3 is 2.94 bits per heavy atom. The van der Waals surface area contributed by atoms with Gasteiger partial charge in [0.05, 0.1) is 11.8 Å². The van der Waals surface area contributed by atoms with E-state index in [0.717, 1.165) is 13.1 Å². The average Bonchev–Trinajstić information content (AvgIpc) is 2.90. The van der Waals surface area contributed by atoms with Crippen molar-refractivity contribution in [1.29, 1.82) is 0 Å². The van der Waals surface area contributed by atoms with Crippen LogP contribution in [0.3, 0.4) is 0 Å². The van der Waals surface area contributed by atoms with Crippen LogP contribution in [0.25, 0.3) is 0 Å². The standard InChI is InChI=1S/C13H19N3O2/c1-10(16-6-2-3-7-16)8-15-13(18)11-4-5-14-9-12(11)17/h4-5,9-10,17H,2-3,6-8H2,1H3,(H,15,18). The molecule has 1 saturated heterocycles. The minimum absolute atomic E-state index is 0.0798. The average molecular weight is 249 g/mol. The molecule has 2 heterocycles. The van der Waals surface area contributed by atoms with Gasteiger partial charge in [-0.2, -0.15) is 0 Å². The van der Waals surface area contributed by atoms with Crippen molar-refractivity contribution in [2.45, 2.75) is 25.8 Å². The second-order valence-electron chi connectivity index (χ2n) is 4.69. The van der Waals surface area contributed by atoms with Crippen LogP contribution in [0.1, 0.15) is 30.1 Å². The first-order chi connectivity index (χ1) is 8.68. The first-order valence-electron chi connectivity index (χ1n) is 6.33. The predicted octanol–water partition coefficient (Wildman–Crippen LogP) is 1.00. The Bertz CT molecular complexity index is 416. The summed E-state index contributed by atoms with van der Waals surface area (Å²) in [5.41, 5.74) is 0.277. The van der Waals surface area contributed by atoms with Crippen LogP contribution in [0.15, 0.2) is 18.5 Å². The van der Waals surface area contributed by atoms with Gasteiger partial charge in [0.15, 0.2) is 0 Å². The number of carbonyl (C=O) groups excluding carboxylic acids is 1. The summed E-state index contributed by atoms with van der Waals surface area (Å²) in [6.07, 6.45) is 5.25. The summed E-state index contributed by atoms with van der Waals surface area (Å²) < 4.78 is 0.